The molecule has 0 fully saturated rings. The van der Waals surface area contributed by atoms with Gasteiger partial charge in [0.1, 0.15) is 11.0 Å². The quantitative estimate of drug-likeness (QED) is 0.554. The monoisotopic (exact) mass is 362 g/mol. The lowest BCUT2D eigenvalue weighted by molar-refractivity contribution is -0.142. The van der Waals surface area contributed by atoms with E-state index in [2.05, 4.69) is 19.7 Å². The predicted octanol–water partition coefficient (Wildman–Crippen LogP) is 2.87. The third kappa shape index (κ3) is 3.58. The van der Waals surface area contributed by atoms with Crippen LogP contribution in [0.25, 0.3) is 0 Å². The van der Waals surface area contributed by atoms with Crippen LogP contribution in [-0.4, -0.2) is 46.2 Å². The molecule has 3 rings (SSSR count). The predicted molar refractivity (Wildman–Crippen MR) is 96.6 cm³/mol. The molecule has 1 aliphatic heterocycles. The largest absolute Gasteiger partial charge is 0.497 e. The van der Waals surface area contributed by atoms with Gasteiger partial charge in [0.15, 0.2) is 5.16 Å². The third-order valence-electron chi connectivity index (χ3n) is 4.04. The van der Waals surface area contributed by atoms with Crippen molar-refractivity contribution in [2.24, 2.45) is 0 Å². The number of esters is 1. The van der Waals surface area contributed by atoms with Crippen molar-refractivity contribution < 1.29 is 14.3 Å². The summed E-state index contributed by atoms with van der Waals surface area (Å²) in [6.07, 6.45) is 0.688. The number of thioether (sulfide) groups is 1. The van der Waals surface area contributed by atoms with Crippen LogP contribution in [-0.2, 0) is 16.1 Å². The molecule has 2 aromatic rings. The summed E-state index contributed by atoms with van der Waals surface area (Å²) in [5.74, 6) is 1.42. The molecular formula is C17H22N4O3S. The molecule has 0 saturated carbocycles. The minimum Gasteiger partial charge on any atom is -0.497 e. The van der Waals surface area contributed by atoms with Gasteiger partial charge in [-0.15, -0.1) is 10.2 Å². The van der Waals surface area contributed by atoms with Crippen LogP contribution in [0.15, 0.2) is 29.4 Å². The summed E-state index contributed by atoms with van der Waals surface area (Å²) < 4.78 is 12.4. The zero-order valence-electron chi connectivity index (χ0n) is 14.6. The van der Waals surface area contributed by atoms with E-state index in [1.165, 1.54) is 11.8 Å². The highest BCUT2D eigenvalue weighted by atomic mass is 32.2. The minimum absolute atomic E-state index is 0.197. The van der Waals surface area contributed by atoms with Gasteiger partial charge in [-0.05, 0) is 37.6 Å². The van der Waals surface area contributed by atoms with Gasteiger partial charge in [0, 0.05) is 18.8 Å². The highest BCUT2D eigenvalue weighted by Gasteiger charge is 2.29. The maximum Gasteiger partial charge on any atom is 0.319 e. The van der Waals surface area contributed by atoms with Crippen molar-refractivity contribution in [1.82, 2.24) is 14.8 Å². The molecule has 0 N–H and O–H groups in total. The number of carbonyl (C=O) groups excluding carboxylic acids is 1. The highest BCUT2D eigenvalue weighted by Crippen LogP contribution is 2.34. The van der Waals surface area contributed by atoms with Crippen molar-refractivity contribution >= 4 is 29.4 Å². The summed E-state index contributed by atoms with van der Waals surface area (Å²) >= 11 is 1.42. The Morgan fingerprint density at radius 2 is 2.00 bits per heavy atom. The van der Waals surface area contributed by atoms with Gasteiger partial charge in [-0.25, -0.2) is 0 Å². The van der Waals surface area contributed by atoms with E-state index in [1.807, 2.05) is 38.1 Å². The van der Waals surface area contributed by atoms with Gasteiger partial charge in [0.05, 0.1) is 13.7 Å². The lowest BCUT2D eigenvalue weighted by atomic mass is 10.3. The topological polar surface area (TPSA) is 69.5 Å². The normalized spacial score (nSPS) is 14.3. The van der Waals surface area contributed by atoms with E-state index in [1.54, 1.807) is 7.11 Å². The smallest absolute Gasteiger partial charge is 0.319 e. The lowest BCUT2D eigenvalue weighted by Crippen LogP contribution is -2.20. The van der Waals surface area contributed by atoms with E-state index < -0.39 is 0 Å². The molecule has 0 aliphatic carbocycles. The average Bonchev–Trinajstić information content (AvgIpc) is 3.22. The number of methoxy groups -OCH3 is 1. The van der Waals surface area contributed by atoms with Gasteiger partial charge >= 0.3 is 5.97 Å². The van der Waals surface area contributed by atoms with Crippen LogP contribution >= 0.6 is 11.8 Å². The lowest BCUT2D eigenvalue weighted by Gasteiger charge is -2.15. The Morgan fingerprint density at radius 1 is 1.24 bits per heavy atom. The summed E-state index contributed by atoms with van der Waals surface area (Å²) in [4.78, 5) is 14.1. The molecule has 1 unspecified atom stereocenters. The Balaban J connectivity index is 1.77. The first kappa shape index (κ1) is 17.6. The molecule has 1 aromatic heterocycles. The Bertz CT molecular complexity index is 732. The summed E-state index contributed by atoms with van der Waals surface area (Å²) in [6.45, 7) is 5.78. The Morgan fingerprint density at radius 3 is 2.64 bits per heavy atom. The first-order valence-corrected chi connectivity index (χ1v) is 9.24. The van der Waals surface area contributed by atoms with Crippen LogP contribution in [0, 0.1) is 0 Å². The molecular weight excluding hydrogens is 340 g/mol. The van der Waals surface area contributed by atoms with Crippen LogP contribution in [0.4, 0.5) is 11.6 Å². The molecule has 134 valence electrons. The number of rotatable bonds is 7. The third-order valence-corrected chi connectivity index (χ3v) is 5.36. The van der Waals surface area contributed by atoms with Crippen molar-refractivity contribution in [2.75, 3.05) is 25.2 Å². The molecule has 2 heterocycles. The molecule has 0 amide bonds. The van der Waals surface area contributed by atoms with Gasteiger partial charge in [-0.2, -0.15) is 0 Å². The number of aromatic nitrogens is 3. The fraction of sp³-hybridized carbons (Fsp3) is 0.471. The number of hydrogen-bond donors (Lipinski definition) is 0. The molecule has 1 aromatic carbocycles. The van der Waals surface area contributed by atoms with Crippen molar-refractivity contribution in [2.45, 2.75) is 37.2 Å². The maximum absolute atomic E-state index is 12.0. The van der Waals surface area contributed by atoms with Gasteiger partial charge in [0.2, 0.25) is 5.95 Å². The van der Waals surface area contributed by atoms with Crippen molar-refractivity contribution in [3.05, 3.63) is 24.3 Å². The summed E-state index contributed by atoms with van der Waals surface area (Å²) in [5.41, 5.74) is 1.04. The number of carbonyl (C=O) groups is 1. The molecule has 25 heavy (non-hydrogen) atoms. The van der Waals surface area contributed by atoms with E-state index in [9.17, 15) is 4.79 Å². The van der Waals surface area contributed by atoms with Gasteiger partial charge in [-0.3, -0.25) is 9.36 Å². The van der Waals surface area contributed by atoms with E-state index in [-0.39, 0.29) is 11.2 Å². The van der Waals surface area contributed by atoms with Crippen LogP contribution in [0.3, 0.4) is 0 Å². The number of nitrogens with zero attached hydrogens (tertiary/aromatic N) is 4. The highest BCUT2D eigenvalue weighted by molar-refractivity contribution is 8.00. The fourth-order valence-electron chi connectivity index (χ4n) is 2.73. The van der Waals surface area contributed by atoms with Gasteiger partial charge < -0.3 is 14.4 Å². The van der Waals surface area contributed by atoms with Crippen molar-refractivity contribution in [3.8, 4) is 5.75 Å². The summed E-state index contributed by atoms with van der Waals surface area (Å²) in [5, 5.41) is 9.10. The Hall–Kier alpha value is -2.22. The zero-order valence-corrected chi connectivity index (χ0v) is 15.5. The molecule has 0 spiro atoms. The van der Waals surface area contributed by atoms with E-state index >= 15 is 0 Å². The van der Waals surface area contributed by atoms with Crippen LogP contribution in [0.1, 0.15) is 20.3 Å². The Kier molecular flexibility index (Phi) is 5.47. The molecule has 1 aliphatic rings. The van der Waals surface area contributed by atoms with E-state index in [0.29, 0.717) is 13.0 Å². The first-order chi connectivity index (χ1) is 12.2. The van der Waals surface area contributed by atoms with Crippen LogP contribution < -0.4 is 9.64 Å². The molecule has 0 bridgehead atoms. The first-order valence-electron chi connectivity index (χ1n) is 8.36. The van der Waals surface area contributed by atoms with E-state index in [4.69, 9.17) is 9.47 Å². The maximum atomic E-state index is 12.0. The van der Waals surface area contributed by atoms with E-state index in [0.717, 1.165) is 35.6 Å². The molecule has 8 heteroatoms. The second-order valence-corrected chi connectivity index (χ2v) is 6.72. The van der Waals surface area contributed by atoms with Crippen molar-refractivity contribution in [1.29, 1.82) is 0 Å². The second-order valence-electron chi connectivity index (χ2n) is 5.55. The van der Waals surface area contributed by atoms with Crippen LogP contribution in [0.5, 0.6) is 5.75 Å². The average molecular weight is 362 g/mol. The summed E-state index contributed by atoms with van der Waals surface area (Å²) in [6, 6.07) is 7.86. The second kappa shape index (κ2) is 7.77. The van der Waals surface area contributed by atoms with Gasteiger partial charge in [-0.1, -0.05) is 18.7 Å². The minimum atomic E-state index is -0.261. The Labute approximate surface area is 151 Å². The number of anilines is 2. The fourth-order valence-corrected chi connectivity index (χ4v) is 3.70. The number of ether oxygens (including phenoxy) is 2. The SMILES string of the molecule is CCOC(=O)C(CC)Sc1nnc2n1CCN2c1ccc(OC)cc1. The molecule has 1 atom stereocenters. The van der Waals surface area contributed by atoms with Gasteiger partial charge in [0.25, 0.3) is 0 Å². The standard InChI is InChI=1S/C17H22N4O3S/c1-4-14(15(22)24-5-2)25-17-19-18-16-20(10-11-21(16)17)12-6-8-13(23-3)9-7-12/h6-9,14H,4-5,10-11H2,1-3H3. The van der Waals surface area contributed by atoms with Crippen LogP contribution in [0.2, 0.25) is 0 Å². The molecule has 0 saturated heterocycles. The van der Waals surface area contributed by atoms with Crippen molar-refractivity contribution in [3.63, 3.8) is 0 Å². The summed E-state index contributed by atoms with van der Waals surface area (Å²) in [7, 11) is 1.65. The number of hydrogen-bond acceptors (Lipinski definition) is 7. The molecule has 7 nitrogen and oxygen atoms in total. The number of benzene rings is 1. The molecule has 0 radical (unpaired) electrons. The number of fused-ring (bicyclic) bond motifs is 1. The zero-order chi connectivity index (χ0) is 17.8.